The summed E-state index contributed by atoms with van der Waals surface area (Å²) in [4.78, 5) is 22.5. The molecule has 1 fully saturated rings. The van der Waals surface area contributed by atoms with Gasteiger partial charge in [0.1, 0.15) is 0 Å². The number of ether oxygens (including phenoxy) is 2. The number of guanidine groups is 1. The second-order valence-corrected chi connectivity index (χ2v) is 6.00. The van der Waals surface area contributed by atoms with Crippen molar-refractivity contribution in [2.24, 2.45) is 10.9 Å². The van der Waals surface area contributed by atoms with Crippen LogP contribution in [0.2, 0.25) is 0 Å². The smallest absolute Gasteiger partial charge is 0.308 e. The SMILES string of the molecule is CCCOc1ncccc1CNC(=NC)N1CCC(C(=O)OC)CC1.I. The molecule has 1 aromatic rings. The number of nitrogens with zero attached hydrogens (tertiary/aromatic N) is 3. The molecule has 0 aliphatic carbocycles. The molecule has 0 atom stereocenters. The average molecular weight is 476 g/mol. The summed E-state index contributed by atoms with van der Waals surface area (Å²) in [6.45, 7) is 4.88. The van der Waals surface area contributed by atoms with Crippen molar-refractivity contribution in [3.8, 4) is 5.88 Å². The van der Waals surface area contributed by atoms with Gasteiger partial charge in [-0.25, -0.2) is 4.98 Å². The first-order valence-electron chi connectivity index (χ1n) is 8.79. The van der Waals surface area contributed by atoms with Gasteiger partial charge < -0.3 is 19.7 Å². The number of carbonyl (C=O) groups is 1. The molecule has 1 saturated heterocycles. The molecule has 7 nitrogen and oxygen atoms in total. The van der Waals surface area contributed by atoms with Crippen LogP contribution in [0.5, 0.6) is 5.88 Å². The molecule has 0 spiro atoms. The molecule has 146 valence electrons. The van der Waals surface area contributed by atoms with Crippen molar-refractivity contribution in [3.05, 3.63) is 23.9 Å². The van der Waals surface area contributed by atoms with Crippen LogP contribution in [0.25, 0.3) is 0 Å². The first kappa shape index (κ1) is 22.5. The van der Waals surface area contributed by atoms with Gasteiger partial charge in [0.25, 0.3) is 0 Å². The van der Waals surface area contributed by atoms with Crippen LogP contribution in [0.1, 0.15) is 31.7 Å². The lowest BCUT2D eigenvalue weighted by atomic mass is 9.97. The number of aromatic nitrogens is 1. The Bertz CT molecular complexity index is 590. The maximum absolute atomic E-state index is 11.6. The second-order valence-electron chi connectivity index (χ2n) is 6.00. The Labute approximate surface area is 172 Å². The van der Waals surface area contributed by atoms with Crippen LogP contribution >= 0.6 is 24.0 Å². The van der Waals surface area contributed by atoms with Gasteiger partial charge in [-0.05, 0) is 25.3 Å². The number of esters is 1. The van der Waals surface area contributed by atoms with Crippen molar-refractivity contribution in [1.29, 1.82) is 0 Å². The van der Waals surface area contributed by atoms with E-state index < -0.39 is 0 Å². The van der Waals surface area contributed by atoms with Crippen molar-refractivity contribution in [3.63, 3.8) is 0 Å². The second kappa shape index (κ2) is 11.9. The van der Waals surface area contributed by atoms with E-state index in [-0.39, 0.29) is 35.9 Å². The molecule has 0 radical (unpaired) electrons. The van der Waals surface area contributed by atoms with Gasteiger partial charge in [-0.15, -0.1) is 24.0 Å². The van der Waals surface area contributed by atoms with Gasteiger partial charge in [-0.3, -0.25) is 9.79 Å². The zero-order chi connectivity index (χ0) is 18.1. The molecule has 2 heterocycles. The Morgan fingerprint density at radius 3 is 2.77 bits per heavy atom. The first-order valence-corrected chi connectivity index (χ1v) is 8.79. The number of methoxy groups -OCH3 is 1. The normalized spacial score (nSPS) is 15.2. The maximum Gasteiger partial charge on any atom is 0.308 e. The molecule has 1 aliphatic rings. The molecule has 1 aliphatic heterocycles. The number of hydrogen-bond acceptors (Lipinski definition) is 5. The number of likely N-dealkylation sites (tertiary alicyclic amines) is 1. The van der Waals surface area contributed by atoms with Crippen LogP contribution in [0.3, 0.4) is 0 Å². The third kappa shape index (κ3) is 6.30. The van der Waals surface area contributed by atoms with Crippen LogP contribution in [0, 0.1) is 5.92 Å². The molecule has 0 unspecified atom stereocenters. The number of hydrogen-bond donors (Lipinski definition) is 1. The Kier molecular flexibility index (Phi) is 10.3. The predicted molar refractivity (Wildman–Crippen MR) is 112 cm³/mol. The highest BCUT2D eigenvalue weighted by atomic mass is 127. The third-order valence-electron chi connectivity index (χ3n) is 4.27. The molecule has 2 rings (SSSR count). The van der Waals surface area contributed by atoms with Gasteiger partial charge in [0.2, 0.25) is 5.88 Å². The Morgan fingerprint density at radius 2 is 2.15 bits per heavy atom. The van der Waals surface area contributed by atoms with Crippen LogP contribution in [-0.2, 0) is 16.1 Å². The highest BCUT2D eigenvalue weighted by molar-refractivity contribution is 14.0. The summed E-state index contributed by atoms with van der Waals surface area (Å²) in [5.74, 6) is 1.37. The Morgan fingerprint density at radius 1 is 1.42 bits per heavy atom. The fraction of sp³-hybridized carbons (Fsp3) is 0.611. The molecule has 1 aromatic heterocycles. The van der Waals surface area contributed by atoms with Crippen LogP contribution in [-0.4, -0.2) is 55.7 Å². The first-order chi connectivity index (χ1) is 12.2. The summed E-state index contributed by atoms with van der Waals surface area (Å²) in [7, 11) is 3.22. The van der Waals surface area contributed by atoms with Gasteiger partial charge in [0.15, 0.2) is 5.96 Å². The van der Waals surface area contributed by atoms with Gasteiger partial charge >= 0.3 is 5.97 Å². The van der Waals surface area contributed by atoms with E-state index in [1.165, 1.54) is 7.11 Å². The lowest BCUT2D eigenvalue weighted by molar-refractivity contribution is -0.146. The maximum atomic E-state index is 11.6. The van der Waals surface area contributed by atoms with Crippen molar-refractivity contribution in [1.82, 2.24) is 15.2 Å². The standard InChI is InChI=1S/C18H28N4O3.HI/c1-4-12-25-16-15(6-5-9-20-16)13-21-18(19-2)22-10-7-14(8-11-22)17(23)24-3;/h5-6,9,14H,4,7-8,10-13H2,1-3H3,(H,19,21);1H. The summed E-state index contributed by atoms with van der Waals surface area (Å²) >= 11 is 0. The summed E-state index contributed by atoms with van der Waals surface area (Å²) in [5, 5.41) is 3.37. The topological polar surface area (TPSA) is 76.0 Å². The number of rotatable bonds is 6. The van der Waals surface area contributed by atoms with E-state index in [0.717, 1.165) is 43.9 Å². The lowest BCUT2D eigenvalue weighted by Crippen LogP contribution is -2.46. The number of nitrogens with one attached hydrogen (secondary N) is 1. The quantitative estimate of drug-likeness (QED) is 0.294. The number of pyridine rings is 1. The molecule has 8 heteroatoms. The van der Waals surface area contributed by atoms with E-state index in [9.17, 15) is 4.79 Å². The zero-order valence-corrected chi connectivity index (χ0v) is 18.1. The van der Waals surface area contributed by atoms with Crippen molar-refractivity contribution in [2.45, 2.75) is 32.7 Å². The summed E-state index contributed by atoms with van der Waals surface area (Å²) in [6, 6.07) is 3.90. The fourth-order valence-electron chi connectivity index (χ4n) is 2.89. The Hall–Kier alpha value is -1.58. The highest BCUT2D eigenvalue weighted by Gasteiger charge is 2.27. The van der Waals surface area contributed by atoms with E-state index in [1.807, 2.05) is 12.1 Å². The largest absolute Gasteiger partial charge is 0.477 e. The number of aliphatic imine (C=N–C) groups is 1. The van der Waals surface area contributed by atoms with Gasteiger partial charge in [0, 0.05) is 38.4 Å². The minimum Gasteiger partial charge on any atom is -0.477 e. The third-order valence-corrected chi connectivity index (χ3v) is 4.27. The number of halogens is 1. The molecule has 1 N–H and O–H groups in total. The zero-order valence-electron chi connectivity index (χ0n) is 15.7. The van der Waals surface area contributed by atoms with Gasteiger partial charge in [-0.1, -0.05) is 13.0 Å². The summed E-state index contributed by atoms with van der Waals surface area (Å²) < 4.78 is 10.5. The number of piperidine rings is 1. The van der Waals surface area contributed by atoms with E-state index in [2.05, 4.69) is 27.1 Å². The van der Waals surface area contributed by atoms with E-state index in [0.29, 0.717) is 19.0 Å². The Balaban J connectivity index is 0.00000338. The summed E-state index contributed by atoms with van der Waals surface area (Å²) in [5.41, 5.74) is 1.00. The molecular formula is C18H29IN4O3. The predicted octanol–water partition coefficient (Wildman–Crippen LogP) is 2.45. The molecular weight excluding hydrogens is 447 g/mol. The lowest BCUT2D eigenvalue weighted by Gasteiger charge is -2.33. The highest BCUT2D eigenvalue weighted by Crippen LogP contribution is 2.19. The molecule has 26 heavy (non-hydrogen) atoms. The van der Waals surface area contributed by atoms with Crippen LogP contribution in [0.15, 0.2) is 23.3 Å². The van der Waals surface area contributed by atoms with E-state index in [1.54, 1.807) is 13.2 Å². The molecule has 0 aromatic carbocycles. The van der Waals surface area contributed by atoms with Crippen LogP contribution < -0.4 is 10.1 Å². The molecule has 0 amide bonds. The van der Waals surface area contributed by atoms with E-state index in [4.69, 9.17) is 9.47 Å². The minimum atomic E-state index is -0.115. The van der Waals surface area contributed by atoms with Gasteiger partial charge in [0.05, 0.1) is 19.6 Å². The minimum absolute atomic E-state index is 0. The monoisotopic (exact) mass is 476 g/mol. The van der Waals surface area contributed by atoms with Crippen LogP contribution in [0.4, 0.5) is 0 Å². The van der Waals surface area contributed by atoms with Gasteiger partial charge in [-0.2, -0.15) is 0 Å². The van der Waals surface area contributed by atoms with Crippen molar-refractivity contribution < 1.29 is 14.3 Å². The fourth-order valence-corrected chi connectivity index (χ4v) is 2.89. The van der Waals surface area contributed by atoms with E-state index >= 15 is 0 Å². The molecule has 0 bridgehead atoms. The summed E-state index contributed by atoms with van der Waals surface area (Å²) in [6.07, 6.45) is 4.25. The van der Waals surface area contributed by atoms with Crippen molar-refractivity contribution >= 4 is 35.9 Å². The van der Waals surface area contributed by atoms with Crippen molar-refractivity contribution in [2.75, 3.05) is 33.9 Å². The molecule has 0 saturated carbocycles. The average Bonchev–Trinajstić information content (AvgIpc) is 2.67. The number of carbonyl (C=O) groups excluding carboxylic acids is 1.